The maximum absolute atomic E-state index is 12.8. The minimum atomic E-state index is -2.19. The van der Waals surface area contributed by atoms with Crippen LogP contribution < -0.4 is 0 Å². The van der Waals surface area contributed by atoms with Gasteiger partial charge in [-0.3, -0.25) is 14.5 Å². The van der Waals surface area contributed by atoms with Crippen LogP contribution in [-0.4, -0.2) is 60.8 Å². The molecule has 0 saturated carbocycles. The lowest BCUT2D eigenvalue weighted by Crippen LogP contribution is -2.52. The Bertz CT molecular complexity index is 676. The minimum absolute atomic E-state index is 0.142. The molecule has 1 saturated heterocycles. The molecule has 8 nitrogen and oxygen atoms in total. The van der Waals surface area contributed by atoms with Gasteiger partial charge in [-0.1, -0.05) is 54.2 Å². The average molecular weight is 424 g/mol. The minimum Gasteiger partial charge on any atom is -0.452 e. The molecule has 1 aliphatic heterocycles. The molecule has 0 N–H and O–H groups in total. The first-order valence-electron chi connectivity index (χ1n) is 10.0. The molecule has 0 aromatic rings. The topological polar surface area (TPSA) is 109 Å². The maximum Gasteiger partial charge on any atom is 0.463 e. The number of carbonyl (C=O) groups excluding carboxylic acids is 3. The highest BCUT2D eigenvalue weighted by molar-refractivity contribution is 6.77. The molecule has 2 amide bonds. The van der Waals surface area contributed by atoms with Crippen LogP contribution in [0.4, 0.5) is 0 Å². The van der Waals surface area contributed by atoms with Gasteiger partial charge in [0, 0.05) is 6.42 Å². The Kier molecular flexibility index (Phi) is 9.13. The van der Waals surface area contributed by atoms with Crippen molar-refractivity contribution in [1.82, 2.24) is 4.90 Å². The largest absolute Gasteiger partial charge is 0.463 e. The Labute approximate surface area is 174 Å². The van der Waals surface area contributed by atoms with Crippen molar-refractivity contribution in [3.05, 3.63) is 18.2 Å². The van der Waals surface area contributed by atoms with Crippen LogP contribution in [0.5, 0.6) is 0 Å². The number of carbonyl (C=O) groups is 3. The Morgan fingerprint density at radius 1 is 1.24 bits per heavy atom. The van der Waals surface area contributed by atoms with E-state index in [-0.39, 0.29) is 19.6 Å². The molecule has 1 heterocycles. The number of hydrogen-bond acceptors (Lipinski definition) is 5. The zero-order chi connectivity index (χ0) is 22.4. The number of likely N-dealkylation sites (tertiary alicyclic amines) is 1. The number of rotatable bonds is 10. The van der Waals surface area contributed by atoms with E-state index in [1.165, 1.54) is 6.08 Å². The predicted octanol–water partition coefficient (Wildman–Crippen LogP) is 3.10. The van der Waals surface area contributed by atoms with Gasteiger partial charge in [0.15, 0.2) is 8.32 Å². The Morgan fingerprint density at radius 2 is 1.79 bits per heavy atom. The zero-order valence-corrected chi connectivity index (χ0v) is 19.3. The molecule has 0 aliphatic carbocycles. The molecule has 9 heteroatoms. The van der Waals surface area contributed by atoms with E-state index in [2.05, 4.69) is 52.9 Å². The molecule has 1 rings (SSSR count). The molecule has 29 heavy (non-hydrogen) atoms. The van der Waals surface area contributed by atoms with Crippen molar-refractivity contribution < 1.29 is 28.3 Å². The number of nitrogens with zero attached hydrogens (tertiary/aromatic N) is 3. The summed E-state index contributed by atoms with van der Waals surface area (Å²) in [5.74, 6) is -2.50. The number of imide groups is 1. The molecule has 0 unspecified atom stereocenters. The number of esters is 1. The smallest absolute Gasteiger partial charge is 0.452 e. The molecular weight excluding hydrogens is 390 g/mol. The molecule has 1 atom stereocenters. The van der Waals surface area contributed by atoms with Crippen LogP contribution in [0.1, 0.15) is 54.4 Å². The summed E-state index contributed by atoms with van der Waals surface area (Å²) in [7, 11) is -2.19. The molecule has 1 aliphatic rings. The lowest BCUT2D eigenvalue weighted by Gasteiger charge is -2.43. The third kappa shape index (κ3) is 5.29. The fourth-order valence-electron chi connectivity index (χ4n) is 4.41. The summed E-state index contributed by atoms with van der Waals surface area (Å²) in [6, 6.07) is -0.512. The number of hydrogen-bond donors (Lipinski definition) is 0. The van der Waals surface area contributed by atoms with E-state index in [1.54, 1.807) is 0 Å². The van der Waals surface area contributed by atoms with Gasteiger partial charge in [-0.2, -0.15) is 4.79 Å². The number of ether oxygens (including phenoxy) is 1. The first-order valence-corrected chi connectivity index (χ1v) is 12.2. The molecule has 1 fully saturated rings. The third-order valence-corrected chi connectivity index (χ3v) is 11.7. The van der Waals surface area contributed by atoms with Crippen LogP contribution in [0.3, 0.4) is 0 Å². The fraction of sp³-hybridized carbons (Fsp3) is 0.700. The zero-order valence-electron chi connectivity index (χ0n) is 18.3. The van der Waals surface area contributed by atoms with Gasteiger partial charge in [-0.05, 0) is 23.0 Å². The van der Waals surface area contributed by atoms with Gasteiger partial charge in [0.05, 0.1) is 12.6 Å². The fourth-order valence-corrected chi connectivity index (χ4v) is 9.89. The van der Waals surface area contributed by atoms with Gasteiger partial charge in [-0.25, -0.2) is 4.79 Å². The summed E-state index contributed by atoms with van der Waals surface area (Å²) < 4.78 is 11.3. The van der Waals surface area contributed by atoms with Crippen LogP contribution in [0, 0.1) is 0 Å². The van der Waals surface area contributed by atoms with E-state index >= 15 is 0 Å². The summed E-state index contributed by atoms with van der Waals surface area (Å²) in [6.07, 6.45) is 1.92. The van der Waals surface area contributed by atoms with E-state index in [9.17, 15) is 14.4 Å². The predicted molar refractivity (Wildman–Crippen MR) is 112 cm³/mol. The van der Waals surface area contributed by atoms with Gasteiger partial charge in [0.25, 0.3) is 0 Å². The molecule has 0 radical (unpaired) electrons. The van der Waals surface area contributed by atoms with Crippen molar-refractivity contribution >= 4 is 31.8 Å². The second-order valence-electron chi connectivity index (χ2n) is 8.23. The van der Waals surface area contributed by atoms with Crippen molar-refractivity contribution in [2.75, 3.05) is 13.2 Å². The highest BCUT2D eigenvalue weighted by atomic mass is 28.4. The Hall–Kier alpha value is -2.09. The first-order chi connectivity index (χ1) is 13.5. The van der Waals surface area contributed by atoms with Crippen LogP contribution in [0.25, 0.3) is 5.53 Å². The van der Waals surface area contributed by atoms with E-state index in [0.29, 0.717) is 23.0 Å². The lowest BCUT2D eigenvalue weighted by molar-refractivity contribution is -0.147. The van der Waals surface area contributed by atoms with Crippen molar-refractivity contribution in [1.29, 1.82) is 0 Å². The standard InChI is InChI=1S/C20H33N3O5Si/c1-8-11-27-20(26)18(22-21)19(25)23-16(9-10-17(23)24)12-28-29(13(2)3,14(4)5)15(6)7/h8,13-16H,1,9-12H2,2-7H3/t16-/m0/s1. The Morgan fingerprint density at radius 3 is 2.24 bits per heavy atom. The summed E-state index contributed by atoms with van der Waals surface area (Å²) in [6.45, 7) is 16.4. The summed E-state index contributed by atoms with van der Waals surface area (Å²) >= 11 is 0. The quantitative estimate of drug-likeness (QED) is 0.102. The second-order valence-corrected chi connectivity index (χ2v) is 13.7. The summed E-state index contributed by atoms with van der Waals surface area (Å²) in [5, 5.41) is 0. The molecular formula is C20H33N3O5Si. The first kappa shape index (κ1) is 24.9. The average Bonchev–Trinajstić information content (AvgIpc) is 3.00. The van der Waals surface area contributed by atoms with Crippen molar-refractivity contribution in [3.63, 3.8) is 0 Å². The van der Waals surface area contributed by atoms with Gasteiger partial charge >= 0.3 is 17.6 Å². The lowest BCUT2D eigenvalue weighted by atomic mass is 10.2. The van der Waals surface area contributed by atoms with Crippen molar-refractivity contribution in [3.8, 4) is 0 Å². The van der Waals surface area contributed by atoms with E-state index in [0.717, 1.165) is 4.90 Å². The van der Waals surface area contributed by atoms with Gasteiger partial charge < -0.3 is 14.7 Å². The summed E-state index contributed by atoms with van der Waals surface area (Å²) in [4.78, 5) is 40.9. The van der Waals surface area contributed by atoms with Crippen LogP contribution >= 0.6 is 0 Å². The molecule has 0 bridgehead atoms. The van der Waals surface area contributed by atoms with Crippen LogP contribution in [-0.2, 0) is 23.5 Å². The highest BCUT2D eigenvalue weighted by Gasteiger charge is 2.48. The van der Waals surface area contributed by atoms with E-state index < -0.39 is 37.9 Å². The van der Waals surface area contributed by atoms with Crippen molar-refractivity contribution in [2.45, 2.75) is 77.0 Å². The molecule has 162 valence electrons. The maximum atomic E-state index is 12.8. The monoisotopic (exact) mass is 423 g/mol. The SMILES string of the molecule is C=CCOC(=O)C(=[N+]=[N-])C(=O)N1C(=O)CC[C@H]1CO[Si](C(C)C)(C(C)C)C(C)C. The molecule has 0 aromatic carbocycles. The van der Waals surface area contributed by atoms with Crippen LogP contribution in [0.2, 0.25) is 16.6 Å². The van der Waals surface area contributed by atoms with E-state index in [4.69, 9.17) is 14.7 Å². The van der Waals surface area contributed by atoms with E-state index in [1.807, 2.05) is 0 Å². The Balaban J connectivity index is 3.07. The van der Waals surface area contributed by atoms with Gasteiger partial charge in [-0.15, -0.1) is 0 Å². The highest BCUT2D eigenvalue weighted by Crippen LogP contribution is 2.42. The third-order valence-electron chi connectivity index (χ3n) is 5.61. The summed E-state index contributed by atoms with van der Waals surface area (Å²) in [5.41, 5.74) is 9.39. The van der Waals surface area contributed by atoms with Crippen LogP contribution in [0.15, 0.2) is 12.7 Å². The molecule has 0 aromatic heterocycles. The normalized spacial score (nSPS) is 17.1. The van der Waals surface area contributed by atoms with Gasteiger partial charge in [0.2, 0.25) is 5.91 Å². The molecule has 0 spiro atoms. The van der Waals surface area contributed by atoms with Crippen molar-refractivity contribution in [2.24, 2.45) is 0 Å². The van der Waals surface area contributed by atoms with Gasteiger partial charge in [0.1, 0.15) is 6.61 Å². The number of amides is 2. The second kappa shape index (κ2) is 10.6.